The van der Waals surface area contributed by atoms with E-state index in [1.807, 2.05) is 60.7 Å². The number of anilines is 4. The number of hydrogen-bond donors (Lipinski definition) is 4. The van der Waals surface area contributed by atoms with Crippen molar-refractivity contribution >= 4 is 44.9 Å². The van der Waals surface area contributed by atoms with Gasteiger partial charge in [-0.15, -0.1) is 0 Å². The van der Waals surface area contributed by atoms with Crippen LogP contribution in [-0.2, 0) is 0 Å². The minimum Gasteiger partial charge on any atom is -0.340 e. The van der Waals surface area contributed by atoms with E-state index >= 15 is 0 Å². The molecule has 0 bridgehead atoms. The molecule has 4 N–H and O–H groups in total. The normalized spacial score (nSPS) is 11.1. The Morgan fingerprint density at radius 3 is 2.62 bits per heavy atom. The number of nitrogens with one attached hydrogen (secondary N) is 4. The zero-order chi connectivity index (χ0) is 17.3. The van der Waals surface area contributed by atoms with Gasteiger partial charge in [0.25, 0.3) is 0 Å². The van der Waals surface area contributed by atoms with Gasteiger partial charge in [-0.2, -0.15) is 10.2 Å². The molecule has 0 fully saturated rings. The second-order valence-corrected chi connectivity index (χ2v) is 5.95. The molecule has 0 aliphatic carbocycles. The Hall–Kier alpha value is -3.87. The van der Waals surface area contributed by atoms with Crippen molar-refractivity contribution in [1.82, 2.24) is 25.4 Å². The lowest BCUT2D eigenvalue weighted by atomic mass is 10.2. The second kappa shape index (κ2) is 5.89. The number of pyridine rings is 1. The number of aromatic nitrogens is 5. The Labute approximate surface area is 148 Å². The summed E-state index contributed by atoms with van der Waals surface area (Å²) in [5, 5.41) is 23.0. The van der Waals surface area contributed by atoms with Crippen LogP contribution in [0.15, 0.2) is 66.9 Å². The van der Waals surface area contributed by atoms with Crippen LogP contribution in [0.1, 0.15) is 0 Å². The fourth-order valence-electron chi connectivity index (χ4n) is 2.92. The number of fused-ring (bicyclic) bond motifs is 2. The molecule has 5 aromatic rings. The SMILES string of the molecule is c1cc(Nc2ccc3cn[nH]c3c2)nc(Nc2n[nH]c3ccccc23)c1. The van der Waals surface area contributed by atoms with Gasteiger partial charge in [0, 0.05) is 16.5 Å². The first-order valence-corrected chi connectivity index (χ1v) is 8.22. The number of para-hydroxylation sites is 1. The average molecular weight is 341 g/mol. The maximum atomic E-state index is 4.62. The highest BCUT2D eigenvalue weighted by atomic mass is 15.2. The lowest BCUT2D eigenvalue weighted by Crippen LogP contribution is -1.98. The zero-order valence-electron chi connectivity index (χ0n) is 13.7. The summed E-state index contributed by atoms with van der Waals surface area (Å²) >= 11 is 0. The predicted octanol–water partition coefficient (Wildman–Crippen LogP) is 4.32. The van der Waals surface area contributed by atoms with Gasteiger partial charge in [0.15, 0.2) is 5.82 Å². The fraction of sp³-hybridized carbons (Fsp3) is 0. The van der Waals surface area contributed by atoms with Gasteiger partial charge < -0.3 is 10.6 Å². The molecule has 0 aliphatic rings. The van der Waals surface area contributed by atoms with E-state index in [-0.39, 0.29) is 0 Å². The summed E-state index contributed by atoms with van der Waals surface area (Å²) in [5.74, 6) is 2.22. The van der Waals surface area contributed by atoms with Gasteiger partial charge in [0.1, 0.15) is 11.6 Å². The van der Waals surface area contributed by atoms with E-state index in [0.717, 1.165) is 44.9 Å². The number of H-pyrrole nitrogens is 2. The second-order valence-electron chi connectivity index (χ2n) is 5.95. The number of hydrogen-bond acceptors (Lipinski definition) is 5. The van der Waals surface area contributed by atoms with Crippen molar-refractivity contribution in [3.05, 3.63) is 66.9 Å². The topological polar surface area (TPSA) is 94.3 Å². The molecule has 0 radical (unpaired) electrons. The van der Waals surface area contributed by atoms with Crippen molar-refractivity contribution in [3.63, 3.8) is 0 Å². The number of rotatable bonds is 4. The molecular weight excluding hydrogens is 326 g/mol. The van der Waals surface area contributed by atoms with Gasteiger partial charge >= 0.3 is 0 Å². The highest BCUT2D eigenvalue weighted by Crippen LogP contribution is 2.24. The molecule has 7 heteroatoms. The molecule has 3 heterocycles. The summed E-state index contributed by atoms with van der Waals surface area (Å²) in [7, 11) is 0. The van der Waals surface area contributed by atoms with Crippen LogP contribution in [-0.4, -0.2) is 25.4 Å². The molecule has 2 aromatic carbocycles. The first-order chi connectivity index (χ1) is 12.8. The number of nitrogens with zero attached hydrogens (tertiary/aromatic N) is 3. The lowest BCUT2D eigenvalue weighted by Gasteiger charge is -2.08. The summed E-state index contributed by atoms with van der Waals surface area (Å²) in [4.78, 5) is 4.62. The quantitative estimate of drug-likeness (QED) is 0.390. The number of benzene rings is 2. The van der Waals surface area contributed by atoms with Crippen molar-refractivity contribution in [2.45, 2.75) is 0 Å². The summed E-state index contributed by atoms with van der Waals surface area (Å²) in [5.41, 5.74) is 2.90. The van der Waals surface area contributed by atoms with E-state index < -0.39 is 0 Å². The smallest absolute Gasteiger partial charge is 0.161 e. The van der Waals surface area contributed by atoms with E-state index in [4.69, 9.17) is 0 Å². The molecule has 3 aromatic heterocycles. The van der Waals surface area contributed by atoms with Crippen molar-refractivity contribution in [2.75, 3.05) is 10.6 Å². The van der Waals surface area contributed by atoms with Crippen molar-refractivity contribution in [3.8, 4) is 0 Å². The summed E-state index contributed by atoms with van der Waals surface area (Å²) in [6.07, 6.45) is 1.80. The van der Waals surface area contributed by atoms with Gasteiger partial charge in [-0.3, -0.25) is 10.2 Å². The molecule has 26 heavy (non-hydrogen) atoms. The highest BCUT2D eigenvalue weighted by Gasteiger charge is 2.06. The zero-order valence-corrected chi connectivity index (χ0v) is 13.7. The molecule has 7 nitrogen and oxygen atoms in total. The molecule has 0 atom stereocenters. The minimum absolute atomic E-state index is 0.717. The summed E-state index contributed by atoms with van der Waals surface area (Å²) in [6.45, 7) is 0. The van der Waals surface area contributed by atoms with Crippen LogP contribution < -0.4 is 10.6 Å². The molecule has 0 aliphatic heterocycles. The first-order valence-electron chi connectivity index (χ1n) is 8.22. The largest absolute Gasteiger partial charge is 0.340 e. The summed E-state index contributed by atoms with van der Waals surface area (Å²) < 4.78 is 0. The summed E-state index contributed by atoms with van der Waals surface area (Å²) in [6, 6.07) is 19.8. The Kier molecular flexibility index (Phi) is 3.28. The Balaban J connectivity index is 1.41. The maximum absolute atomic E-state index is 4.62. The van der Waals surface area contributed by atoms with E-state index in [0.29, 0.717) is 0 Å². The van der Waals surface area contributed by atoms with Crippen molar-refractivity contribution in [1.29, 1.82) is 0 Å². The molecule has 0 saturated heterocycles. The van der Waals surface area contributed by atoms with E-state index in [2.05, 4.69) is 36.0 Å². The molecule has 0 spiro atoms. The lowest BCUT2D eigenvalue weighted by molar-refractivity contribution is 1.11. The average Bonchev–Trinajstić information content (AvgIpc) is 3.29. The third kappa shape index (κ3) is 2.61. The van der Waals surface area contributed by atoms with Crippen molar-refractivity contribution < 1.29 is 0 Å². The Morgan fingerprint density at radius 1 is 0.769 bits per heavy atom. The van der Waals surface area contributed by atoms with Gasteiger partial charge in [-0.1, -0.05) is 18.2 Å². The molecule has 126 valence electrons. The van der Waals surface area contributed by atoms with Gasteiger partial charge in [-0.25, -0.2) is 4.98 Å². The number of aromatic amines is 2. The van der Waals surface area contributed by atoms with Crippen LogP contribution in [0.3, 0.4) is 0 Å². The molecular formula is C19H15N7. The fourth-order valence-corrected chi connectivity index (χ4v) is 2.92. The molecule has 5 rings (SSSR count). The van der Waals surface area contributed by atoms with Gasteiger partial charge in [-0.05, 0) is 42.5 Å². The molecule has 0 unspecified atom stereocenters. The van der Waals surface area contributed by atoms with E-state index in [1.165, 1.54) is 0 Å². The standard InChI is InChI=1S/C19H15N7/c1-2-5-15-14(4-1)19(26-25-15)23-18-7-3-6-17(22-18)21-13-9-8-12-11-20-24-16(12)10-13/h1-11H,(H,20,24)(H3,21,22,23,25,26). The molecule has 0 amide bonds. The third-order valence-corrected chi connectivity index (χ3v) is 4.18. The van der Waals surface area contributed by atoms with Crippen LogP contribution in [0, 0.1) is 0 Å². The van der Waals surface area contributed by atoms with Crippen LogP contribution >= 0.6 is 0 Å². The first kappa shape index (κ1) is 14.5. The minimum atomic E-state index is 0.717. The van der Waals surface area contributed by atoms with Crippen molar-refractivity contribution in [2.24, 2.45) is 0 Å². The van der Waals surface area contributed by atoms with E-state index in [9.17, 15) is 0 Å². The monoisotopic (exact) mass is 341 g/mol. The Bertz CT molecular complexity index is 1200. The third-order valence-electron chi connectivity index (χ3n) is 4.18. The van der Waals surface area contributed by atoms with Crippen LogP contribution in [0.4, 0.5) is 23.1 Å². The van der Waals surface area contributed by atoms with E-state index in [1.54, 1.807) is 6.20 Å². The van der Waals surface area contributed by atoms with Gasteiger partial charge in [0.2, 0.25) is 0 Å². The predicted molar refractivity (Wildman–Crippen MR) is 103 cm³/mol. The van der Waals surface area contributed by atoms with Crippen LogP contribution in [0.2, 0.25) is 0 Å². The van der Waals surface area contributed by atoms with Crippen LogP contribution in [0.5, 0.6) is 0 Å². The van der Waals surface area contributed by atoms with Crippen LogP contribution in [0.25, 0.3) is 21.8 Å². The maximum Gasteiger partial charge on any atom is 0.161 e. The Morgan fingerprint density at radius 2 is 1.65 bits per heavy atom. The highest BCUT2D eigenvalue weighted by molar-refractivity contribution is 5.91. The molecule has 0 saturated carbocycles. The van der Waals surface area contributed by atoms with Gasteiger partial charge in [0.05, 0.1) is 17.2 Å².